The Morgan fingerprint density at radius 1 is 1.05 bits per heavy atom. The number of hydrogen-bond donors (Lipinski definition) is 1. The summed E-state index contributed by atoms with van der Waals surface area (Å²) in [7, 11) is 5.98. The van der Waals surface area contributed by atoms with Gasteiger partial charge in [0.1, 0.15) is 5.75 Å². The summed E-state index contributed by atoms with van der Waals surface area (Å²) in [6.07, 6.45) is 2.43. The summed E-state index contributed by atoms with van der Waals surface area (Å²) in [5.74, 6) is 0.967. The Kier molecular flexibility index (Phi) is 6.03. The summed E-state index contributed by atoms with van der Waals surface area (Å²) in [6.45, 7) is 3.05. The SMILES string of the molecule is COc1ccc2ccccc2c1CNCCCCN(C)C. The largest absolute Gasteiger partial charge is 0.496 e. The number of nitrogens with zero attached hydrogens (tertiary/aromatic N) is 1. The van der Waals surface area contributed by atoms with E-state index in [0.29, 0.717) is 0 Å². The Labute approximate surface area is 127 Å². The van der Waals surface area contributed by atoms with Crippen LogP contribution in [0.1, 0.15) is 18.4 Å². The van der Waals surface area contributed by atoms with Crippen molar-refractivity contribution in [1.82, 2.24) is 10.2 Å². The van der Waals surface area contributed by atoms with Crippen LogP contribution in [0.2, 0.25) is 0 Å². The zero-order chi connectivity index (χ0) is 15.1. The van der Waals surface area contributed by atoms with Crippen LogP contribution in [0.3, 0.4) is 0 Å². The van der Waals surface area contributed by atoms with Crippen LogP contribution in [0, 0.1) is 0 Å². The van der Waals surface area contributed by atoms with Crippen molar-refractivity contribution in [3.63, 3.8) is 0 Å². The maximum absolute atomic E-state index is 5.52. The molecule has 0 aliphatic rings. The second-order valence-electron chi connectivity index (χ2n) is 5.65. The van der Waals surface area contributed by atoms with Crippen LogP contribution < -0.4 is 10.1 Å². The number of nitrogens with one attached hydrogen (secondary N) is 1. The Balaban J connectivity index is 1.97. The first-order valence-electron chi connectivity index (χ1n) is 7.62. The number of fused-ring (bicyclic) bond motifs is 1. The Bertz CT molecular complexity index is 566. The maximum atomic E-state index is 5.52. The monoisotopic (exact) mass is 286 g/mol. The van der Waals surface area contributed by atoms with Crippen LogP contribution in [0.25, 0.3) is 10.8 Å². The molecule has 114 valence electrons. The van der Waals surface area contributed by atoms with Crippen LogP contribution in [0.5, 0.6) is 5.75 Å². The molecule has 2 rings (SSSR count). The normalized spacial score (nSPS) is 11.2. The predicted molar refractivity (Wildman–Crippen MR) is 90.0 cm³/mol. The minimum atomic E-state index is 0.854. The van der Waals surface area contributed by atoms with Crippen molar-refractivity contribution >= 4 is 10.8 Å². The third-order valence-corrected chi connectivity index (χ3v) is 3.73. The summed E-state index contributed by atoms with van der Waals surface area (Å²) in [6, 6.07) is 12.7. The smallest absolute Gasteiger partial charge is 0.123 e. The summed E-state index contributed by atoms with van der Waals surface area (Å²) in [4.78, 5) is 2.23. The Hall–Kier alpha value is -1.58. The van der Waals surface area contributed by atoms with E-state index in [1.807, 2.05) is 0 Å². The molecular formula is C18H26N2O. The highest BCUT2D eigenvalue weighted by Gasteiger charge is 2.07. The second kappa shape index (κ2) is 8.01. The molecule has 0 spiro atoms. The molecule has 0 unspecified atom stereocenters. The van der Waals surface area contributed by atoms with Gasteiger partial charge in [-0.3, -0.25) is 0 Å². The van der Waals surface area contributed by atoms with Crippen molar-refractivity contribution in [2.45, 2.75) is 19.4 Å². The molecule has 0 aromatic heterocycles. The van der Waals surface area contributed by atoms with Gasteiger partial charge in [-0.25, -0.2) is 0 Å². The summed E-state index contributed by atoms with van der Waals surface area (Å²) in [5.41, 5.74) is 1.25. The lowest BCUT2D eigenvalue weighted by Gasteiger charge is -2.13. The van der Waals surface area contributed by atoms with E-state index in [1.165, 1.54) is 29.2 Å². The van der Waals surface area contributed by atoms with E-state index in [-0.39, 0.29) is 0 Å². The quantitative estimate of drug-likeness (QED) is 0.754. The fraction of sp³-hybridized carbons (Fsp3) is 0.444. The highest BCUT2D eigenvalue weighted by Crippen LogP contribution is 2.27. The van der Waals surface area contributed by atoms with Gasteiger partial charge >= 0.3 is 0 Å². The Morgan fingerprint density at radius 3 is 2.62 bits per heavy atom. The molecule has 3 nitrogen and oxygen atoms in total. The average Bonchev–Trinajstić information content (AvgIpc) is 2.50. The van der Waals surface area contributed by atoms with Crippen molar-refractivity contribution in [3.8, 4) is 5.75 Å². The fourth-order valence-electron chi connectivity index (χ4n) is 2.58. The molecule has 0 bridgehead atoms. The van der Waals surface area contributed by atoms with Gasteiger partial charge in [0.05, 0.1) is 7.11 Å². The average molecular weight is 286 g/mol. The van der Waals surface area contributed by atoms with Crippen LogP contribution in [0.15, 0.2) is 36.4 Å². The molecular weight excluding hydrogens is 260 g/mol. The number of ether oxygens (including phenoxy) is 1. The molecule has 0 aliphatic carbocycles. The summed E-state index contributed by atoms with van der Waals surface area (Å²) in [5, 5.41) is 6.09. The molecule has 0 saturated heterocycles. The number of methoxy groups -OCH3 is 1. The van der Waals surface area contributed by atoms with E-state index in [0.717, 1.165) is 25.4 Å². The third-order valence-electron chi connectivity index (χ3n) is 3.73. The van der Waals surface area contributed by atoms with Crippen molar-refractivity contribution in [2.24, 2.45) is 0 Å². The highest BCUT2D eigenvalue weighted by atomic mass is 16.5. The highest BCUT2D eigenvalue weighted by molar-refractivity contribution is 5.87. The standard InChI is InChI=1S/C18H26N2O/c1-20(2)13-7-6-12-19-14-17-16-9-5-4-8-15(16)10-11-18(17)21-3/h4-5,8-11,19H,6-7,12-14H2,1-3H3. The van der Waals surface area contributed by atoms with Gasteiger partial charge in [0.25, 0.3) is 0 Å². The van der Waals surface area contributed by atoms with Gasteiger partial charge < -0.3 is 15.0 Å². The molecule has 21 heavy (non-hydrogen) atoms. The van der Waals surface area contributed by atoms with Crippen molar-refractivity contribution in [2.75, 3.05) is 34.3 Å². The van der Waals surface area contributed by atoms with Crippen LogP contribution in [-0.4, -0.2) is 39.2 Å². The van der Waals surface area contributed by atoms with E-state index >= 15 is 0 Å². The molecule has 3 heteroatoms. The molecule has 0 radical (unpaired) electrons. The maximum Gasteiger partial charge on any atom is 0.123 e. The first-order chi connectivity index (χ1) is 10.2. The first-order valence-corrected chi connectivity index (χ1v) is 7.62. The lowest BCUT2D eigenvalue weighted by Crippen LogP contribution is -2.18. The van der Waals surface area contributed by atoms with Crippen LogP contribution in [0.4, 0.5) is 0 Å². The molecule has 1 N–H and O–H groups in total. The summed E-state index contributed by atoms with van der Waals surface area (Å²) < 4.78 is 5.52. The van der Waals surface area contributed by atoms with Crippen molar-refractivity contribution in [3.05, 3.63) is 42.0 Å². The van der Waals surface area contributed by atoms with Crippen molar-refractivity contribution in [1.29, 1.82) is 0 Å². The van der Waals surface area contributed by atoms with E-state index in [4.69, 9.17) is 4.74 Å². The van der Waals surface area contributed by atoms with Gasteiger partial charge in [-0.15, -0.1) is 0 Å². The molecule has 0 atom stereocenters. The van der Waals surface area contributed by atoms with Gasteiger partial charge in [-0.05, 0) is 56.9 Å². The zero-order valence-corrected chi connectivity index (χ0v) is 13.4. The zero-order valence-electron chi connectivity index (χ0n) is 13.4. The van der Waals surface area contributed by atoms with E-state index < -0.39 is 0 Å². The van der Waals surface area contributed by atoms with Gasteiger partial charge in [0.15, 0.2) is 0 Å². The van der Waals surface area contributed by atoms with Crippen LogP contribution >= 0.6 is 0 Å². The van der Waals surface area contributed by atoms with E-state index in [2.05, 4.69) is 60.7 Å². The lowest BCUT2D eigenvalue weighted by atomic mass is 10.0. The summed E-state index contributed by atoms with van der Waals surface area (Å²) >= 11 is 0. The van der Waals surface area contributed by atoms with Gasteiger partial charge in [-0.1, -0.05) is 30.3 Å². The topological polar surface area (TPSA) is 24.5 Å². The fourth-order valence-corrected chi connectivity index (χ4v) is 2.58. The molecule has 0 heterocycles. The second-order valence-corrected chi connectivity index (χ2v) is 5.65. The minimum absolute atomic E-state index is 0.854. The molecule has 2 aromatic rings. The van der Waals surface area contributed by atoms with Crippen LogP contribution in [-0.2, 0) is 6.54 Å². The molecule has 0 fully saturated rings. The lowest BCUT2D eigenvalue weighted by molar-refractivity contribution is 0.390. The number of rotatable bonds is 8. The number of benzene rings is 2. The molecule has 0 amide bonds. The minimum Gasteiger partial charge on any atom is -0.496 e. The number of hydrogen-bond acceptors (Lipinski definition) is 3. The van der Waals surface area contributed by atoms with Gasteiger partial charge in [0.2, 0.25) is 0 Å². The van der Waals surface area contributed by atoms with E-state index in [9.17, 15) is 0 Å². The van der Waals surface area contributed by atoms with Crippen molar-refractivity contribution < 1.29 is 4.74 Å². The molecule has 0 saturated carbocycles. The third kappa shape index (κ3) is 4.45. The number of unbranched alkanes of at least 4 members (excludes halogenated alkanes) is 1. The van der Waals surface area contributed by atoms with Gasteiger partial charge in [-0.2, -0.15) is 0 Å². The molecule has 2 aromatic carbocycles. The predicted octanol–water partition coefficient (Wildman–Crippen LogP) is 3.28. The first kappa shape index (κ1) is 15.8. The van der Waals surface area contributed by atoms with E-state index in [1.54, 1.807) is 7.11 Å². The Morgan fingerprint density at radius 2 is 1.86 bits per heavy atom. The van der Waals surface area contributed by atoms with Gasteiger partial charge in [0, 0.05) is 12.1 Å². The molecule has 0 aliphatic heterocycles.